The van der Waals surface area contributed by atoms with Crippen LogP contribution in [0, 0.1) is 0 Å². The zero-order valence-electron chi connectivity index (χ0n) is 6.86. The van der Waals surface area contributed by atoms with Crippen LogP contribution in [-0.2, 0) is 4.74 Å². The number of carbonyl (C=O) groups excluding carboxylic acids is 1. The second-order valence-corrected chi connectivity index (χ2v) is 3.39. The number of anilines is 1. The van der Waals surface area contributed by atoms with Gasteiger partial charge < -0.3 is 10.5 Å². The molecule has 0 saturated heterocycles. The van der Waals surface area contributed by atoms with Gasteiger partial charge in [0.05, 0.1) is 4.47 Å². The van der Waals surface area contributed by atoms with Crippen LogP contribution in [0.4, 0.5) is 10.6 Å². The highest BCUT2D eigenvalue weighted by molar-refractivity contribution is 9.10. The number of halogens is 1. The van der Waals surface area contributed by atoms with Crippen molar-refractivity contribution in [2.45, 2.75) is 0 Å². The fraction of sp³-hybridized carbons (Fsp3) is 0. The zero-order chi connectivity index (χ0) is 10.6. The summed E-state index contributed by atoms with van der Waals surface area (Å²) in [5, 5.41) is 2.45. The lowest BCUT2D eigenvalue weighted by Crippen LogP contribution is -2.22. The third-order valence-corrected chi connectivity index (χ3v) is 2.00. The molecule has 0 unspecified atom stereocenters. The standard InChI is InChI=1S/C7H6BrN3O2S/c8-4-2-1-3-10-5(4)11-7(14)13-6(9)12/h1-3H,(H2,9,12)(H,10,11,14). The fourth-order valence-electron chi connectivity index (χ4n) is 0.691. The molecular formula is C7H6BrN3O2S. The molecule has 3 N–H and O–H groups in total. The number of carbonyl (C=O) groups is 1. The van der Waals surface area contributed by atoms with Gasteiger partial charge in [-0.3, -0.25) is 5.32 Å². The summed E-state index contributed by atoms with van der Waals surface area (Å²) in [4.78, 5) is 14.3. The Labute approximate surface area is 93.8 Å². The van der Waals surface area contributed by atoms with Gasteiger partial charge in [0.25, 0.3) is 5.17 Å². The maximum Gasteiger partial charge on any atom is 0.411 e. The third kappa shape index (κ3) is 3.27. The van der Waals surface area contributed by atoms with E-state index in [0.717, 1.165) is 0 Å². The van der Waals surface area contributed by atoms with Crippen LogP contribution in [0.25, 0.3) is 0 Å². The van der Waals surface area contributed by atoms with Crippen LogP contribution < -0.4 is 11.1 Å². The summed E-state index contributed by atoms with van der Waals surface area (Å²) in [5.41, 5.74) is 4.76. The van der Waals surface area contributed by atoms with E-state index in [2.05, 4.69) is 43.2 Å². The molecule has 1 amide bonds. The van der Waals surface area contributed by atoms with E-state index in [1.807, 2.05) is 0 Å². The number of amides is 1. The SMILES string of the molecule is NC(=O)OC(=S)Nc1ncccc1Br. The summed E-state index contributed by atoms with van der Waals surface area (Å²) in [6.45, 7) is 0. The molecule has 0 fully saturated rings. The summed E-state index contributed by atoms with van der Waals surface area (Å²) in [6.07, 6.45) is 0.606. The molecule has 1 rings (SSSR count). The third-order valence-electron chi connectivity index (χ3n) is 1.17. The Morgan fingerprint density at radius 1 is 1.71 bits per heavy atom. The van der Waals surface area contributed by atoms with Crippen molar-refractivity contribution < 1.29 is 9.53 Å². The number of nitrogens with zero attached hydrogens (tertiary/aromatic N) is 1. The molecule has 0 spiro atoms. The molecule has 0 radical (unpaired) electrons. The molecule has 0 aliphatic heterocycles. The van der Waals surface area contributed by atoms with Gasteiger partial charge in [-0.05, 0) is 40.3 Å². The molecule has 0 aliphatic rings. The monoisotopic (exact) mass is 275 g/mol. The summed E-state index contributed by atoms with van der Waals surface area (Å²) in [7, 11) is 0. The first kappa shape index (κ1) is 10.9. The number of pyridine rings is 1. The number of aromatic nitrogens is 1. The quantitative estimate of drug-likeness (QED) is 0.762. The maximum absolute atomic E-state index is 10.3. The lowest BCUT2D eigenvalue weighted by molar-refractivity contribution is 0.209. The van der Waals surface area contributed by atoms with E-state index in [-0.39, 0.29) is 5.17 Å². The highest BCUT2D eigenvalue weighted by atomic mass is 79.9. The van der Waals surface area contributed by atoms with Crippen molar-refractivity contribution in [3.8, 4) is 0 Å². The Morgan fingerprint density at radius 2 is 2.43 bits per heavy atom. The molecule has 1 heterocycles. The normalized spacial score (nSPS) is 9.21. The summed E-state index contributed by atoms with van der Waals surface area (Å²) in [5.74, 6) is 0.457. The number of hydrogen-bond acceptors (Lipinski definition) is 4. The van der Waals surface area contributed by atoms with Gasteiger partial charge in [0.2, 0.25) is 0 Å². The van der Waals surface area contributed by atoms with Gasteiger partial charge in [0, 0.05) is 6.20 Å². The van der Waals surface area contributed by atoms with Crippen molar-refractivity contribution in [2.75, 3.05) is 5.32 Å². The molecule has 5 nitrogen and oxygen atoms in total. The van der Waals surface area contributed by atoms with E-state index in [0.29, 0.717) is 10.3 Å². The maximum atomic E-state index is 10.3. The second kappa shape index (κ2) is 4.87. The second-order valence-electron chi connectivity index (χ2n) is 2.17. The predicted octanol–water partition coefficient (Wildman–Crippen LogP) is 1.64. The topological polar surface area (TPSA) is 77.2 Å². The lowest BCUT2D eigenvalue weighted by Gasteiger charge is -2.06. The first-order valence-electron chi connectivity index (χ1n) is 3.48. The van der Waals surface area contributed by atoms with Crippen LogP contribution in [-0.4, -0.2) is 16.3 Å². The number of nitrogens with one attached hydrogen (secondary N) is 1. The molecule has 0 saturated carbocycles. The fourth-order valence-corrected chi connectivity index (χ4v) is 1.22. The van der Waals surface area contributed by atoms with Crippen molar-refractivity contribution in [3.63, 3.8) is 0 Å². The highest BCUT2D eigenvalue weighted by Crippen LogP contribution is 2.18. The van der Waals surface area contributed by atoms with Crippen molar-refractivity contribution in [2.24, 2.45) is 5.73 Å². The van der Waals surface area contributed by atoms with Crippen molar-refractivity contribution in [1.82, 2.24) is 4.98 Å². The molecule has 1 aromatic heterocycles. The van der Waals surface area contributed by atoms with Crippen molar-refractivity contribution in [3.05, 3.63) is 22.8 Å². The first-order valence-corrected chi connectivity index (χ1v) is 4.68. The molecule has 74 valence electrons. The largest absolute Gasteiger partial charge is 0.411 e. The van der Waals surface area contributed by atoms with E-state index in [9.17, 15) is 4.79 Å². The van der Waals surface area contributed by atoms with E-state index in [4.69, 9.17) is 5.73 Å². The number of rotatable bonds is 1. The van der Waals surface area contributed by atoms with Crippen molar-refractivity contribution in [1.29, 1.82) is 0 Å². The Hall–Kier alpha value is -1.21. The Bertz CT molecular complexity index is 372. The van der Waals surface area contributed by atoms with Crippen molar-refractivity contribution >= 4 is 45.2 Å². The summed E-state index contributed by atoms with van der Waals surface area (Å²) >= 11 is 7.91. The van der Waals surface area contributed by atoms with Gasteiger partial charge in [-0.15, -0.1) is 0 Å². The highest BCUT2D eigenvalue weighted by Gasteiger charge is 2.05. The van der Waals surface area contributed by atoms with Gasteiger partial charge in [-0.1, -0.05) is 0 Å². The molecule has 0 atom stereocenters. The minimum absolute atomic E-state index is 0.142. The number of primary amides is 1. The number of ether oxygens (including phenoxy) is 1. The number of thiocarbonyl (C=S) groups is 1. The summed E-state index contributed by atoms with van der Waals surface area (Å²) < 4.78 is 5.11. The van der Waals surface area contributed by atoms with Gasteiger partial charge in [-0.25, -0.2) is 9.78 Å². The molecular weight excluding hydrogens is 270 g/mol. The van der Waals surface area contributed by atoms with E-state index in [1.165, 1.54) is 0 Å². The minimum Gasteiger partial charge on any atom is -0.383 e. The van der Waals surface area contributed by atoms with E-state index < -0.39 is 6.09 Å². The van der Waals surface area contributed by atoms with E-state index in [1.54, 1.807) is 18.3 Å². The van der Waals surface area contributed by atoms with Gasteiger partial charge >= 0.3 is 6.09 Å². The summed E-state index contributed by atoms with van der Waals surface area (Å²) in [6, 6.07) is 3.51. The van der Waals surface area contributed by atoms with Crippen LogP contribution in [0.5, 0.6) is 0 Å². The number of nitrogens with two attached hydrogens (primary N) is 1. The molecule has 1 aromatic rings. The Kier molecular flexibility index (Phi) is 3.78. The van der Waals surface area contributed by atoms with Crippen LogP contribution >= 0.6 is 28.1 Å². The first-order chi connectivity index (χ1) is 6.59. The molecule has 0 aromatic carbocycles. The molecule has 0 aliphatic carbocycles. The van der Waals surface area contributed by atoms with Crippen LogP contribution in [0.2, 0.25) is 0 Å². The van der Waals surface area contributed by atoms with Gasteiger partial charge in [-0.2, -0.15) is 0 Å². The average Bonchev–Trinajstić information content (AvgIpc) is 2.07. The van der Waals surface area contributed by atoms with Gasteiger partial charge in [0.1, 0.15) is 5.82 Å². The molecule has 0 bridgehead atoms. The van der Waals surface area contributed by atoms with Crippen LogP contribution in [0.1, 0.15) is 0 Å². The Morgan fingerprint density at radius 3 is 3.00 bits per heavy atom. The van der Waals surface area contributed by atoms with Crippen LogP contribution in [0.3, 0.4) is 0 Å². The predicted molar refractivity (Wildman–Crippen MR) is 58.8 cm³/mol. The number of hydrogen-bond donors (Lipinski definition) is 2. The molecule has 7 heteroatoms. The smallest absolute Gasteiger partial charge is 0.383 e. The minimum atomic E-state index is -0.963. The van der Waals surface area contributed by atoms with Gasteiger partial charge in [0.15, 0.2) is 0 Å². The van der Waals surface area contributed by atoms with Crippen LogP contribution in [0.15, 0.2) is 22.8 Å². The Balaban J connectivity index is 2.65. The zero-order valence-corrected chi connectivity index (χ0v) is 9.26. The lowest BCUT2D eigenvalue weighted by atomic mass is 10.5. The average molecular weight is 276 g/mol. The molecule has 14 heavy (non-hydrogen) atoms. The van der Waals surface area contributed by atoms with E-state index >= 15 is 0 Å².